The number of aromatic nitrogens is 6. The summed E-state index contributed by atoms with van der Waals surface area (Å²) in [4.78, 5) is 107. The molecule has 6 aromatic rings. The van der Waals surface area contributed by atoms with Crippen molar-refractivity contribution >= 4 is 80.3 Å². The van der Waals surface area contributed by atoms with Gasteiger partial charge in [0.2, 0.25) is 23.6 Å². The number of nitrogens with zero attached hydrogens (tertiary/aromatic N) is 8. The molecule has 0 spiro atoms. The molecule has 6 fully saturated rings. The second-order valence-electron chi connectivity index (χ2n) is 31.8. The molecule has 3 aliphatic heterocycles. The summed E-state index contributed by atoms with van der Waals surface area (Å²) in [6.07, 6.45) is 29.4. The van der Waals surface area contributed by atoms with Gasteiger partial charge >= 0.3 is 11.9 Å². The number of unbranched alkanes of at least 4 members (excludes halogenated alkanes) is 3. The first-order chi connectivity index (χ1) is 51.2. The number of benzene rings is 2. The van der Waals surface area contributed by atoms with Crippen molar-refractivity contribution < 1.29 is 47.7 Å². The molecule has 572 valence electrons. The fraction of sp³-hybridized carbons (Fsp3) is 0.619. The monoisotopic (exact) mass is 1490 g/mol. The van der Waals surface area contributed by atoms with Gasteiger partial charge in [-0.2, -0.15) is 9.97 Å². The molecule has 2 aromatic carbocycles. The standard InChI is InChI=1S/C43H59N5O5S.C41H55N5O5S/c1-8-11-12-13-15-19-28(6)40(50)47-25-35(29(7)37(47)38(49)46-43(24-31(43)9-2)41(51)52-10-3)53-42-45-36-32(22-18-23-34(36)48(42)27(4)5)39-44-33(26-54-39)30-20-16-14-17-21-30;1-6-50-39(49)41-22-29(41)19-14-9-7-8-11-16-26(4)38(48)45-23-33(27(5)35(45)36(47)44-41)51-40-43-34-30(20-15-21-32(34)46(40)25(2)3)37-42-31(24-52-37)28-17-12-10-13-18-28/h8-9,18,22-23,26-31,35,37H,1-2,10-17,19-21,24-25H2,3-7H3,(H,46,49);14-15,19-21,24-29,33,35H,6-13,16-18,22-23H2,1-5H3,(H,44,47)/b;19-14-/t28-,29+,31+,35-,37-,43+;26-,27+,29+,33-,35-,41+/m00/s1. The molecule has 4 saturated carbocycles. The Kier molecular flexibility index (Phi) is 25.2. The van der Waals surface area contributed by atoms with E-state index in [0.29, 0.717) is 36.7 Å². The number of carbonyl (C=O) groups is 6. The highest BCUT2D eigenvalue weighted by molar-refractivity contribution is 7.13. The van der Waals surface area contributed by atoms with Gasteiger partial charge < -0.3 is 39.4 Å². The average molecular weight is 1490 g/mol. The predicted octanol–water partition coefficient (Wildman–Crippen LogP) is 16.8. The first-order valence-electron chi connectivity index (χ1n) is 39.9. The Morgan fingerprint density at radius 2 is 1.24 bits per heavy atom. The van der Waals surface area contributed by atoms with E-state index in [-0.39, 0.29) is 91.6 Å². The smallest absolute Gasteiger partial charge is 0.332 e. The Morgan fingerprint density at radius 3 is 1.78 bits per heavy atom. The molecule has 7 aliphatic rings. The van der Waals surface area contributed by atoms with E-state index in [1.165, 1.54) is 75.6 Å². The van der Waals surface area contributed by atoms with Gasteiger partial charge in [-0.1, -0.05) is 128 Å². The number of fused-ring (bicyclic) bond motifs is 4. The molecule has 4 amide bonds. The second kappa shape index (κ2) is 34.2. The summed E-state index contributed by atoms with van der Waals surface area (Å²) in [5, 5.41) is 12.5. The van der Waals surface area contributed by atoms with E-state index in [1.807, 2.05) is 33.8 Å². The Labute approximate surface area is 634 Å². The van der Waals surface area contributed by atoms with E-state index in [4.69, 9.17) is 38.9 Å². The fourth-order valence-corrected chi connectivity index (χ4v) is 19.2. The zero-order chi connectivity index (χ0) is 75.1. The molecule has 12 atom stereocenters. The largest absolute Gasteiger partial charge is 0.464 e. The molecule has 2 saturated heterocycles. The first-order valence-corrected chi connectivity index (χ1v) is 41.7. The van der Waals surface area contributed by atoms with Crippen LogP contribution in [0.3, 0.4) is 0 Å². The Balaban J connectivity index is 0.000000199. The average Bonchev–Trinajstić information content (AvgIpc) is 1.58. The maximum Gasteiger partial charge on any atom is 0.332 e. The van der Waals surface area contributed by atoms with Gasteiger partial charge in [0.1, 0.15) is 56.4 Å². The zero-order valence-electron chi connectivity index (χ0n) is 64.3. The summed E-state index contributed by atoms with van der Waals surface area (Å²) >= 11 is 3.35. The number of allylic oxidation sites excluding steroid dienone is 2. The number of imidazole rings is 2. The number of nitrogens with one attached hydrogen (secondary N) is 2. The van der Waals surface area contributed by atoms with Crippen molar-refractivity contribution in [3.63, 3.8) is 0 Å². The molecule has 20 nitrogen and oxygen atoms in total. The number of thiazole rings is 2. The van der Waals surface area contributed by atoms with Gasteiger partial charge in [-0.25, -0.2) is 19.6 Å². The minimum absolute atomic E-state index is 0.0270. The van der Waals surface area contributed by atoms with Crippen molar-refractivity contribution in [1.29, 1.82) is 0 Å². The number of para-hydroxylation sites is 2. The molecule has 13 rings (SSSR count). The summed E-state index contributed by atoms with van der Waals surface area (Å²) in [5.74, 6) is -2.36. The molecular formula is C84H114N10O10S2. The molecule has 0 bridgehead atoms. The van der Waals surface area contributed by atoms with Crippen LogP contribution in [0.25, 0.3) is 43.2 Å². The van der Waals surface area contributed by atoms with Crippen LogP contribution >= 0.6 is 22.7 Å². The van der Waals surface area contributed by atoms with E-state index in [1.54, 1.807) is 52.4 Å². The molecule has 0 unspecified atom stereocenters. The lowest BCUT2D eigenvalue weighted by molar-refractivity contribution is -0.151. The van der Waals surface area contributed by atoms with Gasteiger partial charge in [-0.05, 0) is 143 Å². The fourth-order valence-electron chi connectivity index (χ4n) is 17.3. The number of hydrogen-bond acceptors (Lipinski definition) is 16. The number of hydrogen-bond donors (Lipinski definition) is 2. The maximum atomic E-state index is 14.4. The summed E-state index contributed by atoms with van der Waals surface area (Å²) in [7, 11) is 0. The van der Waals surface area contributed by atoms with E-state index in [0.717, 1.165) is 107 Å². The van der Waals surface area contributed by atoms with Gasteiger partial charge in [0.15, 0.2) is 0 Å². The number of amides is 4. The van der Waals surface area contributed by atoms with Crippen LogP contribution in [-0.4, -0.2) is 136 Å². The molecule has 2 N–H and O–H groups in total. The Bertz CT molecular complexity index is 4160. The Morgan fingerprint density at radius 1 is 0.679 bits per heavy atom. The highest BCUT2D eigenvalue weighted by atomic mass is 32.1. The number of ether oxygens (including phenoxy) is 4. The third kappa shape index (κ3) is 16.3. The van der Waals surface area contributed by atoms with Crippen LogP contribution in [0, 0.1) is 35.5 Å². The summed E-state index contributed by atoms with van der Waals surface area (Å²) in [6.45, 7) is 28.4. The minimum atomic E-state index is -1.17. The normalized spacial score (nSPS) is 27.1. The summed E-state index contributed by atoms with van der Waals surface area (Å²) in [5.41, 5.74) is 5.62. The topological polar surface area (TPSA) is 231 Å². The van der Waals surface area contributed by atoms with Crippen LogP contribution in [0.15, 0.2) is 84.6 Å². The second-order valence-corrected chi connectivity index (χ2v) is 33.5. The SMILES string of the molecule is C=CCCCCC[C@H](C)C(=O)N1C[C@H](Oc2nc3c(-c4nc(C5CCCCC5)cs4)cccc3n2C(C)C)[C@@H](C)[C@H]1C(=O)N[C@]1(C(=O)OCC)C[C@H]1C=C.CCOC(=O)[C@@]12C[C@H]1/C=C\CCCCC[C@H](C)C(=O)N1C[C@H](Oc3nc4c(-c5nc(C6CCCCC6)cs5)cccc4n3C(C)C)[C@@H](C)[C@H]1C(=O)N2. The van der Waals surface area contributed by atoms with Crippen LogP contribution in [-0.2, 0) is 38.2 Å². The van der Waals surface area contributed by atoms with Crippen LogP contribution in [0.2, 0.25) is 0 Å². The van der Waals surface area contributed by atoms with Crippen LogP contribution in [0.1, 0.15) is 246 Å². The highest BCUT2D eigenvalue weighted by Gasteiger charge is 2.64. The van der Waals surface area contributed by atoms with Crippen molar-refractivity contribution in [2.75, 3.05) is 26.3 Å². The molecule has 7 heterocycles. The first kappa shape index (κ1) is 77.9. The van der Waals surface area contributed by atoms with Crippen molar-refractivity contribution in [2.45, 2.75) is 270 Å². The summed E-state index contributed by atoms with van der Waals surface area (Å²) < 4.78 is 28.7. The Hall–Kier alpha value is -7.72. The van der Waals surface area contributed by atoms with Gasteiger partial charge in [-0.3, -0.25) is 28.3 Å². The van der Waals surface area contributed by atoms with E-state index in [2.05, 4.69) is 120 Å². The van der Waals surface area contributed by atoms with Crippen LogP contribution in [0.4, 0.5) is 0 Å². The molecule has 4 aliphatic carbocycles. The van der Waals surface area contributed by atoms with Crippen molar-refractivity contribution in [3.8, 4) is 33.2 Å². The molecule has 4 aromatic heterocycles. The minimum Gasteiger partial charge on any atom is -0.464 e. The van der Waals surface area contributed by atoms with E-state index < -0.39 is 53.2 Å². The zero-order valence-corrected chi connectivity index (χ0v) is 65.9. The number of esters is 2. The van der Waals surface area contributed by atoms with Crippen LogP contribution in [0.5, 0.6) is 12.0 Å². The maximum absolute atomic E-state index is 14.4. The van der Waals surface area contributed by atoms with Gasteiger partial charge in [0.05, 0.1) is 48.7 Å². The number of carbonyl (C=O) groups excluding carboxylic acids is 6. The van der Waals surface area contributed by atoms with Crippen molar-refractivity contribution in [1.82, 2.24) is 49.5 Å². The lowest BCUT2D eigenvalue weighted by Crippen LogP contribution is -2.55. The molecular weight excluding hydrogens is 1370 g/mol. The lowest BCUT2D eigenvalue weighted by Gasteiger charge is -2.29. The third-order valence-corrected chi connectivity index (χ3v) is 25.5. The predicted molar refractivity (Wildman–Crippen MR) is 418 cm³/mol. The van der Waals surface area contributed by atoms with Crippen LogP contribution < -0.4 is 20.1 Å². The number of likely N-dealkylation sites (tertiary alicyclic amines) is 1. The van der Waals surface area contributed by atoms with E-state index >= 15 is 0 Å². The van der Waals surface area contributed by atoms with Crippen molar-refractivity contribution in [3.05, 3.63) is 96.0 Å². The van der Waals surface area contributed by atoms with Gasteiger partial charge in [-0.15, -0.1) is 35.8 Å². The highest BCUT2D eigenvalue weighted by Crippen LogP contribution is 2.49. The van der Waals surface area contributed by atoms with E-state index in [9.17, 15) is 28.8 Å². The van der Waals surface area contributed by atoms with Gasteiger partial charge in [0, 0.05) is 81.3 Å². The molecule has 22 heteroatoms. The summed E-state index contributed by atoms with van der Waals surface area (Å²) in [6, 6.07) is 11.8. The molecule has 106 heavy (non-hydrogen) atoms. The number of rotatable bonds is 24. The van der Waals surface area contributed by atoms with Crippen molar-refractivity contribution in [2.24, 2.45) is 35.5 Å². The third-order valence-electron chi connectivity index (χ3n) is 23.7. The quantitative estimate of drug-likeness (QED) is 0.0326. The lowest BCUT2D eigenvalue weighted by atomic mass is 9.87. The molecule has 0 radical (unpaired) electrons. The van der Waals surface area contributed by atoms with Gasteiger partial charge in [0.25, 0.3) is 12.0 Å².